The van der Waals surface area contributed by atoms with Crippen molar-refractivity contribution < 1.29 is 0 Å². The second kappa shape index (κ2) is 20.8. The summed E-state index contributed by atoms with van der Waals surface area (Å²) in [5, 5.41) is 2.42. The molecule has 0 radical (unpaired) electrons. The van der Waals surface area contributed by atoms with Gasteiger partial charge in [-0.2, -0.15) is 0 Å². The smallest absolute Gasteiger partial charge is 0.333 e. The second-order valence-corrected chi connectivity index (χ2v) is 30.0. The Morgan fingerprint density at radius 3 is 1.33 bits per heavy atom. The highest BCUT2D eigenvalue weighted by Crippen LogP contribution is 2.56. The molecule has 3 aliphatic rings. The number of hydrogen-bond acceptors (Lipinski definition) is 5. The Morgan fingerprint density at radius 2 is 0.779 bits per heavy atom. The Kier molecular flexibility index (Phi) is 13.5. The SMILES string of the molecule is CC(C)(C)c1ccc(N(c2ccc(C(C)(C)C)cc2)c2ccc3c(c2)-c2cc4ccccc4c4c2B(c2cc5c(cc2N4c2ccc(C(C)(C)C)cc2-c2ccccc2)Sc2ccccc2S5)N3c2ccc(C(C)(C)C)cc2-c2ccccc2)cc1. The summed E-state index contributed by atoms with van der Waals surface area (Å²) in [5.74, 6) is 0. The van der Waals surface area contributed by atoms with Crippen molar-refractivity contribution in [3.8, 4) is 33.4 Å². The summed E-state index contributed by atoms with van der Waals surface area (Å²) in [7, 11) is 0. The van der Waals surface area contributed by atoms with E-state index in [2.05, 4.69) is 328 Å². The van der Waals surface area contributed by atoms with E-state index in [1.165, 1.54) is 120 Å². The fourth-order valence-corrected chi connectivity index (χ4v) is 15.4. The molecule has 0 aromatic heterocycles. The molecule has 0 amide bonds. The highest BCUT2D eigenvalue weighted by molar-refractivity contribution is 8.05. The molecule has 14 rings (SSSR count). The van der Waals surface area contributed by atoms with Crippen LogP contribution in [0, 0.1) is 0 Å². The Balaban J connectivity index is 1.12. The Hall–Kier alpha value is -8.16. The molecule has 0 aliphatic carbocycles. The molecule has 0 N–H and O–H groups in total. The predicted octanol–water partition coefficient (Wildman–Crippen LogP) is 22.2. The molecule has 86 heavy (non-hydrogen) atoms. The van der Waals surface area contributed by atoms with Crippen molar-refractivity contribution in [2.24, 2.45) is 0 Å². The van der Waals surface area contributed by atoms with Crippen molar-refractivity contribution in [2.75, 3.05) is 14.6 Å². The van der Waals surface area contributed by atoms with Crippen molar-refractivity contribution in [2.45, 2.75) is 124 Å². The standard InChI is InChI=1S/C80H74BN3S2/c1-77(2,3)54-31-37-58(38-32-54)82(59-39-33-55(34-40-59)78(4,5)6)60-41-44-69-64(48-60)65-45-53-27-19-20-28-61(53)76-75(65)81(84(69)68-43-36-57(80(10,11)12)47-63(68)52-25-17-14-18-26-52)66-49-73-74(86-72-30-22-21-29-71(72)85-73)50-70(66)83(76)67-42-35-56(79(7,8)9)46-62(67)51-23-15-13-16-24-51/h13-50H,1-12H3. The molecule has 0 fully saturated rings. The maximum absolute atomic E-state index is 2.74. The van der Waals surface area contributed by atoms with Crippen molar-refractivity contribution in [3.63, 3.8) is 0 Å². The molecule has 424 valence electrons. The number of benzene rings is 11. The molecule has 3 aliphatic heterocycles. The maximum atomic E-state index is 2.74. The summed E-state index contributed by atoms with van der Waals surface area (Å²) >= 11 is 3.80. The number of rotatable bonds is 7. The van der Waals surface area contributed by atoms with E-state index in [1.807, 2.05) is 23.5 Å². The van der Waals surface area contributed by atoms with E-state index in [9.17, 15) is 0 Å². The Morgan fingerprint density at radius 1 is 0.337 bits per heavy atom. The number of nitrogens with zero attached hydrogens (tertiary/aromatic N) is 3. The van der Waals surface area contributed by atoms with Gasteiger partial charge in [-0.05, 0) is 174 Å². The van der Waals surface area contributed by atoms with Crippen LogP contribution < -0.4 is 25.5 Å². The molecule has 0 saturated carbocycles. The quantitative estimate of drug-likeness (QED) is 0.147. The van der Waals surface area contributed by atoms with Crippen LogP contribution in [0.15, 0.2) is 250 Å². The third-order valence-electron chi connectivity index (χ3n) is 17.9. The van der Waals surface area contributed by atoms with Crippen LogP contribution >= 0.6 is 23.5 Å². The zero-order chi connectivity index (χ0) is 59.6. The zero-order valence-corrected chi connectivity index (χ0v) is 53.3. The van der Waals surface area contributed by atoms with Gasteiger partial charge in [0.1, 0.15) is 0 Å². The van der Waals surface area contributed by atoms with Crippen LogP contribution in [-0.2, 0) is 21.7 Å². The van der Waals surface area contributed by atoms with Gasteiger partial charge < -0.3 is 14.6 Å². The van der Waals surface area contributed by atoms with Gasteiger partial charge in [0.15, 0.2) is 0 Å². The highest BCUT2D eigenvalue weighted by Gasteiger charge is 2.48. The van der Waals surface area contributed by atoms with E-state index in [4.69, 9.17) is 0 Å². The molecule has 11 aromatic carbocycles. The van der Waals surface area contributed by atoms with E-state index < -0.39 is 0 Å². The number of hydrogen-bond donors (Lipinski definition) is 0. The largest absolute Gasteiger partial charge is 0.376 e. The van der Waals surface area contributed by atoms with Gasteiger partial charge in [-0.3, -0.25) is 0 Å². The lowest BCUT2D eigenvalue weighted by atomic mass is 9.43. The van der Waals surface area contributed by atoms with Crippen LogP contribution in [0.2, 0.25) is 0 Å². The van der Waals surface area contributed by atoms with Crippen molar-refractivity contribution in [1.29, 1.82) is 0 Å². The highest BCUT2D eigenvalue weighted by atomic mass is 32.2. The van der Waals surface area contributed by atoms with Gasteiger partial charge in [0.05, 0.1) is 11.4 Å². The monoisotopic (exact) mass is 1150 g/mol. The normalized spacial score (nSPS) is 13.7. The first-order chi connectivity index (χ1) is 41.2. The summed E-state index contributed by atoms with van der Waals surface area (Å²) in [5.41, 5.74) is 24.1. The Bertz CT molecular complexity index is 4390. The lowest BCUT2D eigenvalue weighted by molar-refractivity contribution is 0.590. The van der Waals surface area contributed by atoms with Gasteiger partial charge in [-0.1, -0.05) is 240 Å². The molecule has 0 bridgehead atoms. The number of anilines is 8. The average Bonchev–Trinajstić information content (AvgIpc) is 0.707. The molecule has 0 unspecified atom stereocenters. The third-order valence-corrected chi connectivity index (χ3v) is 20.4. The molecule has 6 heteroatoms. The summed E-state index contributed by atoms with van der Waals surface area (Å²) < 4.78 is 0. The van der Waals surface area contributed by atoms with Gasteiger partial charge >= 0.3 is 6.85 Å². The van der Waals surface area contributed by atoms with Crippen LogP contribution in [0.5, 0.6) is 0 Å². The summed E-state index contributed by atoms with van der Waals surface area (Å²) in [6, 6.07) is 88.4. The second-order valence-electron chi connectivity index (χ2n) is 27.9. The fourth-order valence-electron chi connectivity index (χ4n) is 13.1. The molecule has 3 nitrogen and oxygen atoms in total. The van der Waals surface area contributed by atoms with Crippen molar-refractivity contribution in [3.05, 3.63) is 253 Å². The molecule has 0 atom stereocenters. The van der Waals surface area contributed by atoms with Gasteiger partial charge in [0.25, 0.3) is 0 Å². The van der Waals surface area contributed by atoms with Crippen molar-refractivity contribution in [1.82, 2.24) is 0 Å². The molecule has 0 saturated heterocycles. The minimum absolute atomic E-state index is 0.00665. The zero-order valence-electron chi connectivity index (χ0n) is 51.7. The molecule has 3 heterocycles. The predicted molar refractivity (Wildman–Crippen MR) is 373 cm³/mol. The summed E-state index contributed by atoms with van der Waals surface area (Å²) in [6.45, 7) is 27.5. The molecule has 11 aromatic rings. The topological polar surface area (TPSA) is 9.72 Å². The van der Waals surface area contributed by atoms with E-state index >= 15 is 0 Å². The summed E-state index contributed by atoms with van der Waals surface area (Å²) in [4.78, 5) is 13.0. The van der Waals surface area contributed by atoms with Gasteiger partial charge in [-0.25, -0.2) is 0 Å². The minimum Gasteiger partial charge on any atom is -0.376 e. The molecule has 0 spiro atoms. The van der Waals surface area contributed by atoms with E-state index in [-0.39, 0.29) is 28.5 Å². The van der Waals surface area contributed by atoms with E-state index in [1.54, 1.807) is 0 Å². The maximum Gasteiger partial charge on any atom is 0.333 e. The number of fused-ring (bicyclic) bond motifs is 8. The minimum atomic E-state index is -0.245. The van der Waals surface area contributed by atoms with E-state index in [0.29, 0.717) is 0 Å². The van der Waals surface area contributed by atoms with Crippen molar-refractivity contribution >= 4 is 97.6 Å². The van der Waals surface area contributed by atoms with Gasteiger partial charge in [0.2, 0.25) is 0 Å². The average molecular weight is 1150 g/mol. The lowest BCUT2D eigenvalue weighted by Crippen LogP contribution is -2.61. The van der Waals surface area contributed by atoms with Crippen LogP contribution in [-0.4, -0.2) is 6.85 Å². The van der Waals surface area contributed by atoms with Crippen LogP contribution in [0.3, 0.4) is 0 Å². The molecular formula is C80H74BN3S2. The lowest BCUT2D eigenvalue weighted by Gasteiger charge is -2.47. The Labute approximate surface area is 519 Å². The van der Waals surface area contributed by atoms with E-state index in [0.717, 1.165) is 22.7 Å². The van der Waals surface area contributed by atoms with Crippen LogP contribution in [0.1, 0.15) is 105 Å². The van der Waals surface area contributed by atoms with Crippen LogP contribution in [0.4, 0.5) is 45.5 Å². The third kappa shape index (κ3) is 9.74. The first-order valence-electron chi connectivity index (χ1n) is 30.5. The molecular weight excluding hydrogens is 1080 g/mol. The van der Waals surface area contributed by atoms with Gasteiger partial charge in [-0.15, -0.1) is 0 Å². The fraction of sp³-hybridized carbons (Fsp3) is 0.200. The first-order valence-corrected chi connectivity index (χ1v) is 32.1. The first kappa shape index (κ1) is 55.7. The summed E-state index contributed by atoms with van der Waals surface area (Å²) in [6.07, 6.45) is 0. The van der Waals surface area contributed by atoms with Gasteiger partial charge in [0, 0.05) is 75.8 Å². The van der Waals surface area contributed by atoms with Crippen LogP contribution in [0.25, 0.3) is 44.2 Å².